The van der Waals surface area contributed by atoms with Crippen LogP contribution >= 0.6 is 0 Å². The van der Waals surface area contributed by atoms with Gasteiger partial charge in [0.1, 0.15) is 6.29 Å². The van der Waals surface area contributed by atoms with E-state index in [1.165, 1.54) is 13.2 Å². The lowest BCUT2D eigenvalue weighted by Crippen LogP contribution is -1.93. The highest BCUT2D eigenvalue weighted by atomic mass is 16.5. The van der Waals surface area contributed by atoms with E-state index < -0.39 is 5.97 Å². The molecule has 78 valence electrons. The molecule has 0 bridgehead atoms. The van der Waals surface area contributed by atoms with Gasteiger partial charge in [-0.2, -0.15) is 0 Å². The molecule has 3 heteroatoms. The third kappa shape index (κ3) is 3.38. The van der Waals surface area contributed by atoms with Crippen LogP contribution in [0.4, 0.5) is 0 Å². The Hall–Kier alpha value is -1.90. The first-order chi connectivity index (χ1) is 7.15. The molecular formula is C12H12O3. The van der Waals surface area contributed by atoms with Crippen LogP contribution < -0.4 is 0 Å². The van der Waals surface area contributed by atoms with Gasteiger partial charge in [-0.1, -0.05) is 6.07 Å². The fourth-order valence-corrected chi connectivity index (χ4v) is 1.24. The number of hydrogen-bond acceptors (Lipinski definition) is 3. The fraction of sp³-hybridized carbons (Fsp3) is 0.167. The van der Waals surface area contributed by atoms with Crippen LogP contribution in [0.2, 0.25) is 0 Å². The number of carbonyl (C=O) groups is 2. The molecule has 0 aromatic heterocycles. The Kier molecular flexibility index (Phi) is 3.80. The maximum absolute atomic E-state index is 10.8. The standard InChI is InChI=1S/C12H12O3/c1-9-5-10(3-4-12(14)15-2)7-11(6-9)8-13/h3-8H,1-2H3. The number of hydrogen-bond donors (Lipinski definition) is 0. The molecule has 0 aliphatic carbocycles. The molecule has 1 aromatic carbocycles. The SMILES string of the molecule is COC(=O)C=Cc1cc(C)cc(C=O)c1. The zero-order valence-corrected chi connectivity index (χ0v) is 8.69. The molecule has 0 aliphatic rings. The summed E-state index contributed by atoms with van der Waals surface area (Å²) in [6.07, 6.45) is 3.72. The van der Waals surface area contributed by atoms with Crippen molar-refractivity contribution in [3.05, 3.63) is 41.0 Å². The monoisotopic (exact) mass is 204 g/mol. The average Bonchev–Trinajstić information content (AvgIpc) is 2.25. The lowest BCUT2D eigenvalue weighted by atomic mass is 10.1. The number of aldehydes is 1. The minimum Gasteiger partial charge on any atom is -0.466 e. The minimum absolute atomic E-state index is 0.413. The van der Waals surface area contributed by atoms with Crippen molar-refractivity contribution in [2.24, 2.45) is 0 Å². The molecule has 0 heterocycles. The molecule has 1 aromatic rings. The number of ether oxygens (including phenoxy) is 1. The van der Waals surface area contributed by atoms with Crippen LogP contribution in [0.25, 0.3) is 6.08 Å². The van der Waals surface area contributed by atoms with E-state index >= 15 is 0 Å². The van der Waals surface area contributed by atoms with Gasteiger partial charge in [0.05, 0.1) is 7.11 Å². The molecule has 3 nitrogen and oxygen atoms in total. The Morgan fingerprint density at radius 3 is 2.53 bits per heavy atom. The van der Waals surface area contributed by atoms with Crippen molar-refractivity contribution in [2.75, 3.05) is 7.11 Å². The van der Waals surface area contributed by atoms with Gasteiger partial charge in [-0.25, -0.2) is 4.79 Å². The van der Waals surface area contributed by atoms with Gasteiger partial charge in [-0.15, -0.1) is 0 Å². The molecule has 0 unspecified atom stereocenters. The van der Waals surface area contributed by atoms with E-state index in [0.717, 1.165) is 17.4 Å². The van der Waals surface area contributed by atoms with Crippen molar-refractivity contribution < 1.29 is 14.3 Å². The Morgan fingerprint density at radius 1 is 1.27 bits per heavy atom. The molecule has 0 N–H and O–H groups in total. The van der Waals surface area contributed by atoms with Gasteiger partial charge in [0.15, 0.2) is 0 Å². The maximum atomic E-state index is 10.8. The van der Waals surface area contributed by atoms with Gasteiger partial charge in [0.25, 0.3) is 0 Å². The number of esters is 1. The molecule has 0 amide bonds. The number of rotatable bonds is 3. The third-order valence-electron chi connectivity index (χ3n) is 1.87. The lowest BCUT2D eigenvalue weighted by Gasteiger charge is -1.98. The molecule has 0 atom stereocenters. The van der Waals surface area contributed by atoms with Gasteiger partial charge in [-0.3, -0.25) is 4.79 Å². The molecular weight excluding hydrogens is 192 g/mol. The summed E-state index contributed by atoms with van der Waals surface area (Å²) < 4.78 is 4.46. The van der Waals surface area contributed by atoms with Crippen molar-refractivity contribution in [3.63, 3.8) is 0 Å². The first-order valence-corrected chi connectivity index (χ1v) is 4.48. The maximum Gasteiger partial charge on any atom is 0.330 e. The summed E-state index contributed by atoms with van der Waals surface area (Å²) in [4.78, 5) is 21.4. The second kappa shape index (κ2) is 5.10. The van der Waals surface area contributed by atoms with E-state index in [0.29, 0.717) is 5.56 Å². The van der Waals surface area contributed by atoms with E-state index in [1.807, 2.05) is 13.0 Å². The summed E-state index contributed by atoms with van der Waals surface area (Å²) >= 11 is 0. The first-order valence-electron chi connectivity index (χ1n) is 4.48. The number of aryl methyl sites for hydroxylation is 1. The quantitative estimate of drug-likeness (QED) is 0.429. The van der Waals surface area contributed by atoms with E-state index in [-0.39, 0.29) is 0 Å². The topological polar surface area (TPSA) is 43.4 Å². The second-order valence-corrected chi connectivity index (χ2v) is 3.15. The van der Waals surface area contributed by atoms with Crippen LogP contribution in [0.5, 0.6) is 0 Å². The summed E-state index contributed by atoms with van der Waals surface area (Å²) in [5.41, 5.74) is 2.38. The Bertz CT molecular complexity index is 405. The zero-order chi connectivity index (χ0) is 11.3. The lowest BCUT2D eigenvalue weighted by molar-refractivity contribution is -0.134. The Labute approximate surface area is 88.4 Å². The van der Waals surface area contributed by atoms with E-state index in [4.69, 9.17) is 0 Å². The van der Waals surface area contributed by atoms with E-state index in [1.54, 1.807) is 18.2 Å². The number of carbonyl (C=O) groups excluding carboxylic acids is 2. The van der Waals surface area contributed by atoms with E-state index in [2.05, 4.69) is 4.74 Å². The normalized spacial score (nSPS) is 10.3. The van der Waals surface area contributed by atoms with Gasteiger partial charge >= 0.3 is 5.97 Å². The van der Waals surface area contributed by atoms with Crippen molar-refractivity contribution in [1.29, 1.82) is 0 Å². The highest BCUT2D eigenvalue weighted by Crippen LogP contribution is 2.09. The van der Waals surface area contributed by atoms with Gasteiger partial charge < -0.3 is 4.74 Å². The van der Waals surface area contributed by atoms with Crippen LogP contribution in [-0.2, 0) is 9.53 Å². The Balaban J connectivity index is 2.94. The summed E-state index contributed by atoms with van der Waals surface area (Å²) in [6, 6.07) is 5.37. The van der Waals surface area contributed by atoms with Crippen molar-refractivity contribution >= 4 is 18.3 Å². The summed E-state index contributed by atoms with van der Waals surface area (Å²) in [6.45, 7) is 1.89. The second-order valence-electron chi connectivity index (χ2n) is 3.15. The van der Waals surface area contributed by atoms with Crippen LogP contribution in [0, 0.1) is 6.92 Å². The molecule has 0 saturated carbocycles. The van der Waals surface area contributed by atoms with E-state index in [9.17, 15) is 9.59 Å². The van der Waals surface area contributed by atoms with Crippen molar-refractivity contribution in [3.8, 4) is 0 Å². The van der Waals surface area contributed by atoms with Crippen molar-refractivity contribution in [2.45, 2.75) is 6.92 Å². The zero-order valence-electron chi connectivity index (χ0n) is 8.69. The smallest absolute Gasteiger partial charge is 0.330 e. The number of benzene rings is 1. The fourth-order valence-electron chi connectivity index (χ4n) is 1.24. The molecule has 0 aliphatic heterocycles. The number of methoxy groups -OCH3 is 1. The van der Waals surface area contributed by atoms with Crippen LogP contribution in [0.1, 0.15) is 21.5 Å². The summed E-state index contributed by atoms with van der Waals surface area (Å²) in [5, 5.41) is 0. The van der Waals surface area contributed by atoms with Gasteiger partial charge in [0, 0.05) is 11.6 Å². The Morgan fingerprint density at radius 2 is 1.93 bits per heavy atom. The van der Waals surface area contributed by atoms with Crippen LogP contribution in [0.3, 0.4) is 0 Å². The van der Waals surface area contributed by atoms with Gasteiger partial charge in [0.2, 0.25) is 0 Å². The highest BCUT2D eigenvalue weighted by Gasteiger charge is 1.96. The molecule has 0 spiro atoms. The predicted octanol–water partition coefficient (Wildman–Crippen LogP) is 1.99. The van der Waals surface area contributed by atoms with Crippen LogP contribution in [-0.4, -0.2) is 19.4 Å². The molecule has 1 rings (SSSR count). The van der Waals surface area contributed by atoms with Crippen molar-refractivity contribution in [1.82, 2.24) is 0 Å². The minimum atomic E-state index is -0.413. The largest absolute Gasteiger partial charge is 0.466 e. The molecule has 15 heavy (non-hydrogen) atoms. The van der Waals surface area contributed by atoms with Crippen LogP contribution in [0.15, 0.2) is 24.3 Å². The predicted molar refractivity (Wildman–Crippen MR) is 57.6 cm³/mol. The molecule has 0 fully saturated rings. The first kappa shape index (κ1) is 11.2. The average molecular weight is 204 g/mol. The highest BCUT2D eigenvalue weighted by molar-refractivity contribution is 5.87. The molecule has 0 radical (unpaired) electrons. The summed E-state index contributed by atoms with van der Waals surface area (Å²) in [5.74, 6) is -0.413. The third-order valence-corrected chi connectivity index (χ3v) is 1.87. The van der Waals surface area contributed by atoms with Gasteiger partial charge in [-0.05, 0) is 36.3 Å². The molecule has 0 saturated heterocycles. The summed E-state index contributed by atoms with van der Waals surface area (Å²) in [7, 11) is 1.32.